The van der Waals surface area contributed by atoms with Crippen molar-refractivity contribution < 1.29 is 22.3 Å². The molecule has 0 aliphatic carbocycles. The van der Waals surface area contributed by atoms with Crippen molar-refractivity contribution in [3.05, 3.63) is 101 Å². The molecule has 0 bridgehead atoms. The lowest BCUT2D eigenvalue weighted by atomic mass is 10.1. The van der Waals surface area contributed by atoms with Crippen LogP contribution >= 0.6 is 0 Å². The molecule has 3 aromatic carbocycles. The highest BCUT2D eigenvalue weighted by molar-refractivity contribution is 5.47. The van der Waals surface area contributed by atoms with E-state index in [-0.39, 0.29) is 6.61 Å². The van der Waals surface area contributed by atoms with Crippen molar-refractivity contribution in [2.24, 2.45) is 0 Å². The molecule has 0 N–H and O–H groups in total. The molecule has 0 saturated carbocycles. The lowest BCUT2D eigenvalue weighted by Crippen LogP contribution is -2.07. The van der Waals surface area contributed by atoms with Gasteiger partial charge in [0.1, 0.15) is 12.2 Å². The Labute approximate surface area is 147 Å². The van der Waals surface area contributed by atoms with Crippen molar-refractivity contribution in [1.82, 2.24) is 0 Å². The fraction of sp³-hybridized carbons (Fsp3) is 0.0476. The van der Waals surface area contributed by atoms with E-state index >= 15 is 0 Å². The minimum absolute atomic E-state index is 0.234. The molecule has 0 saturated heterocycles. The van der Waals surface area contributed by atoms with E-state index in [1.807, 2.05) is 0 Å². The predicted octanol–water partition coefficient (Wildman–Crippen LogP) is 5.22. The van der Waals surface area contributed by atoms with Gasteiger partial charge in [0.05, 0.1) is 0 Å². The summed E-state index contributed by atoms with van der Waals surface area (Å²) in [6.45, 7) is -0.234. The zero-order valence-corrected chi connectivity index (χ0v) is 13.4. The van der Waals surface area contributed by atoms with Gasteiger partial charge in [0.2, 0.25) is 11.6 Å². The standard InChI is InChI=1S/C21H12F4O/c22-17-16(12-11-14-7-3-1-4-8-14)18(23)20(25)21(19(17)24)26-13-15-9-5-2-6-10-15/h1-10H,13H2. The van der Waals surface area contributed by atoms with Gasteiger partial charge in [-0.25, -0.2) is 8.78 Å². The van der Waals surface area contributed by atoms with Crippen molar-refractivity contribution in [3.63, 3.8) is 0 Å². The van der Waals surface area contributed by atoms with Gasteiger partial charge < -0.3 is 4.74 Å². The smallest absolute Gasteiger partial charge is 0.205 e. The molecule has 0 aliphatic rings. The molecule has 0 amide bonds. The molecule has 0 unspecified atom stereocenters. The molecule has 1 nitrogen and oxygen atoms in total. The average molecular weight is 356 g/mol. The van der Waals surface area contributed by atoms with Crippen molar-refractivity contribution in [3.8, 4) is 17.6 Å². The minimum atomic E-state index is -1.61. The molecule has 0 atom stereocenters. The number of ether oxygens (including phenoxy) is 1. The Morgan fingerprint density at radius 2 is 1.19 bits per heavy atom. The van der Waals surface area contributed by atoms with Crippen LogP contribution in [0.15, 0.2) is 60.7 Å². The average Bonchev–Trinajstić information content (AvgIpc) is 2.68. The van der Waals surface area contributed by atoms with Gasteiger partial charge >= 0.3 is 0 Å². The summed E-state index contributed by atoms with van der Waals surface area (Å²) in [7, 11) is 0. The van der Waals surface area contributed by atoms with E-state index < -0.39 is 34.6 Å². The third-order valence-corrected chi connectivity index (χ3v) is 3.55. The van der Waals surface area contributed by atoms with Gasteiger partial charge in [-0.3, -0.25) is 0 Å². The molecule has 0 aromatic heterocycles. The Hall–Kier alpha value is -3.26. The lowest BCUT2D eigenvalue weighted by molar-refractivity contribution is 0.261. The zero-order valence-electron chi connectivity index (χ0n) is 13.4. The summed E-state index contributed by atoms with van der Waals surface area (Å²) in [6, 6.07) is 16.8. The summed E-state index contributed by atoms with van der Waals surface area (Å²) in [6.07, 6.45) is 0. The van der Waals surface area contributed by atoms with Crippen LogP contribution < -0.4 is 4.74 Å². The van der Waals surface area contributed by atoms with E-state index in [2.05, 4.69) is 11.8 Å². The first-order chi connectivity index (χ1) is 12.6. The van der Waals surface area contributed by atoms with Gasteiger partial charge in [-0.2, -0.15) is 8.78 Å². The number of benzene rings is 3. The molecule has 0 radical (unpaired) electrons. The number of halogens is 4. The molecule has 3 aromatic rings. The summed E-state index contributed by atoms with van der Waals surface area (Å²) in [4.78, 5) is 0. The third kappa shape index (κ3) is 3.70. The molecule has 5 heteroatoms. The summed E-state index contributed by atoms with van der Waals surface area (Å²) in [5.41, 5.74) is 0.0764. The maximum atomic E-state index is 14.2. The summed E-state index contributed by atoms with van der Waals surface area (Å²) in [5, 5.41) is 0. The van der Waals surface area contributed by atoms with Crippen LogP contribution in [0, 0.1) is 35.1 Å². The van der Waals surface area contributed by atoms with E-state index in [4.69, 9.17) is 4.74 Å². The molecule has 0 heterocycles. The predicted molar refractivity (Wildman–Crippen MR) is 89.5 cm³/mol. The van der Waals surface area contributed by atoms with E-state index in [0.717, 1.165) is 0 Å². The highest BCUT2D eigenvalue weighted by Gasteiger charge is 2.26. The highest BCUT2D eigenvalue weighted by Crippen LogP contribution is 2.30. The van der Waals surface area contributed by atoms with Crippen LogP contribution in [0.5, 0.6) is 5.75 Å². The van der Waals surface area contributed by atoms with Crippen LogP contribution in [-0.4, -0.2) is 0 Å². The first-order valence-electron chi connectivity index (χ1n) is 7.67. The van der Waals surface area contributed by atoms with Gasteiger partial charge in [0.25, 0.3) is 0 Å². The number of hydrogen-bond acceptors (Lipinski definition) is 1. The van der Waals surface area contributed by atoms with Crippen LogP contribution in [0.3, 0.4) is 0 Å². The Bertz CT molecular complexity index is 937. The van der Waals surface area contributed by atoms with Crippen LogP contribution in [0.4, 0.5) is 17.6 Å². The molecule has 3 rings (SSSR count). The van der Waals surface area contributed by atoms with Crippen molar-refractivity contribution >= 4 is 0 Å². The Balaban J connectivity index is 1.94. The maximum absolute atomic E-state index is 14.2. The first kappa shape index (κ1) is 17.6. The fourth-order valence-electron chi connectivity index (χ4n) is 2.23. The molecular weight excluding hydrogens is 344 g/mol. The first-order valence-corrected chi connectivity index (χ1v) is 7.67. The van der Waals surface area contributed by atoms with Crippen LogP contribution in [-0.2, 0) is 6.61 Å². The number of rotatable bonds is 3. The Morgan fingerprint density at radius 1 is 0.654 bits per heavy atom. The van der Waals surface area contributed by atoms with E-state index in [1.54, 1.807) is 60.7 Å². The highest BCUT2D eigenvalue weighted by atomic mass is 19.2. The van der Waals surface area contributed by atoms with Crippen LogP contribution in [0.1, 0.15) is 16.7 Å². The van der Waals surface area contributed by atoms with Gasteiger partial charge in [-0.05, 0) is 17.7 Å². The molecule has 0 spiro atoms. The lowest BCUT2D eigenvalue weighted by Gasteiger charge is -2.11. The minimum Gasteiger partial charge on any atom is -0.483 e. The monoisotopic (exact) mass is 356 g/mol. The zero-order chi connectivity index (χ0) is 18.5. The van der Waals surface area contributed by atoms with Crippen LogP contribution in [0.2, 0.25) is 0 Å². The number of hydrogen-bond donors (Lipinski definition) is 0. The second kappa shape index (κ2) is 7.75. The van der Waals surface area contributed by atoms with Crippen LogP contribution in [0.25, 0.3) is 0 Å². The Morgan fingerprint density at radius 3 is 1.77 bits per heavy atom. The maximum Gasteiger partial charge on any atom is 0.205 e. The topological polar surface area (TPSA) is 9.23 Å². The fourth-order valence-corrected chi connectivity index (χ4v) is 2.23. The molecular formula is C21H12F4O. The summed E-state index contributed by atoms with van der Waals surface area (Å²) >= 11 is 0. The van der Waals surface area contributed by atoms with Gasteiger partial charge in [0.15, 0.2) is 17.4 Å². The SMILES string of the molecule is Fc1c(F)c(OCc2ccccc2)c(F)c(F)c1C#Cc1ccccc1. The molecule has 130 valence electrons. The molecule has 26 heavy (non-hydrogen) atoms. The summed E-state index contributed by atoms with van der Waals surface area (Å²) < 4.78 is 61.6. The molecule has 0 aliphatic heterocycles. The quantitative estimate of drug-likeness (QED) is 0.355. The van der Waals surface area contributed by atoms with Gasteiger partial charge in [0, 0.05) is 5.56 Å². The van der Waals surface area contributed by atoms with E-state index in [1.165, 1.54) is 0 Å². The Kier molecular flexibility index (Phi) is 5.23. The van der Waals surface area contributed by atoms with E-state index in [9.17, 15) is 17.6 Å². The van der Waals surface area contributed by atoms with Crippen molar-refractivity contribution in [1.29, 1.82) is 0 Å². The normalized spacial score (nSPS) is 10.2. The van der Waals surface area contributed by atoms with Gasteiger partial charge in [-0.15, -0.1) is 0 Å². The second-order valence-corrected chi connectivity index (χ2v) is 5.35. The largest absolute Gasteiger partial charge is 0.483 e. The second-order valence-electron chi connectivity index (χ2n) is 5.35. The third-order valence-electron chi connectivity index (χ3n) is 3.55. The van der Waals surface area contributed by atoms with E-state index in [0.29, 0.717) is 11.1 Å². The van der Waals surface area contributed by atoms with Gasteiger partial charge in [-0.1, -0.05) is 60.4 Å². The summed E-state index contributed by atoms with van der Waals surface area (Å²) in [5.74, 6) is -2.89. The molecule has 0 fully saturated rings. The van der Waals surface area contributed by atoms with Crippen molar-refractivity contribution in [2.45, 2.75) is 6.61 Å². The van der Waals surface area contributed by atoms with Crippen molar-refractivity contribution in [2.75, 3.05) is 0 Å².